The highest BCUT2D eigenvalue weighted by Crippen LogP contribution is 2.24. The Morgan fingerprint density at radius 3 is 2.50 bits per heavy atom. The highest BCUT2D eigenvalue weighted by molar-refractivity contribution is 8.00. The molecule has 0 saturated heterocycles. The fourth-order valence-corrected chi connectivity index (χ4v) is 3.02. The van der Waals surface area contributed by atoms with Gasteiger partial charge in [0.1, 0.15) is 0 Å². The number of carbonyl (C=O) groups is 1. The van der Waals surface area contributed by atoms with Crippen molar-refractivity contribution in [2.75, 3.05) is 5.32 Å². The Morgan fingerprint density at radius 1 is 1.27 bits per heavy atom. The quantitative estimate of drug-likeness (QED) is 0.671. The molecule has 0 bridgehead atoms. The number of nitrogens with one attached hydrogen (secondary N) is 2. The molecule has 0 aliphatic carbocycles. The Hall–Kier alpha value is -2.08. The lowest BCUT2D eigenvalue weighted by molar-refractivity contribution is -0.115. The van der Waals surface area contributed by atoms with Gasteiger partial charge in [-0.15, -0.1) is 0 Å². The van der Waals surface area contributed by atoms with E-state index in [-0.39, 0.29) is 16.7 Å². The molecule has 1 amide bonds. The number of hydrogen-bond acceptors (Lipinski definition) is 4. The van der Waals surface area contributed by atoms with Crippen LogP contribution in [0, 0.1) is 20.8 Å². The summed E-state index contributed by atoms with van der Waals surface area (Å²) in [4.78, 5) is 30.2. The van der Waals surface area contributed by atoms with Crippen molar-refractivity contribution in [2.45, 2.75) is 38.1 Å². The van der Waals surface area contributed by atoms with E-state index in [1.54, 1.807) is 6.92 Å². The zero-order chi connectivity index (χ0) is 16.3. The minimum atomic E-state index is -0.370. The number of thioether (sulfide) groups is 1. The fraction of sp³-hybridized carbons (Fsp3) is 0.312. The van der Waals surface area contributed by atoms with Gasteiger partial charge in [0.2, 0.25) is 5.91 Å². The summed E-state index contributed by atoms with van der Waals surface area (Å²) < 4.78 is 0. The van der Waals surface area contributed by atoms with E-state index in [2.05, 4.69) is 15.3 Å². The van der Waals surface area contributed by atoms with Gasteiger partial charge in [-0.25, -0.2) is 4.98 Å². The number of rotatable bonds is 4. The van der Waals surface area contributed by atoms with Crippen LogP contribution in [0.3, 0.4) is 0 Å². The summed E-state index contributed by atoms with van der Waals surface area (Å²) in [5.41, 5.74) is 3.86. The molecule has 0 fully saturated rings. The summed E-state index contributed by atoms with van der Waals surface area (Å²) in [7, 11) is 0. The van der Waals surface area contributed by atoms with Gasteiger partial charge >= 0.3 is 0 Å². The van der Waals surface area contributed by atoms with Crippen LogP contribution in [-0.4, -0.2) is 21.1 Å². The molecule has 0 saturated carbocycles. The molecule has 22 heavy (non-hydrogen) atoms. The summed E-state index contributed by atoms with van der Waals surface area (Å²) in [5.74, 6) is -0.119. The van der Waals surface area contributed by atoms with E-state index in [0.29, 0.717) is 5.16 Å². The van der Waals surface area contributed by atoms with E-state index < -0.39 is 0 Å². The van der Waals surface area contributed by atoms with Gasteiger partial charge in [0.05, 0.1) is 5.25 Å². The molecule has 1 heterocycles. The van der Waals surface area contributed by atoms with Gasteiger partial charge in [-0.2, -0.15) is 0 Å². The lowest BCUT2D eigenvalue weighted by Crippen LogP contribution is -2.24. The van der Waals surface area contributed by atoms with Crippen molar-refractivity contribution >= 4 is 23.4 Å². The van der Waals surface area contributed by atoms with Crippen molar-refractivity contribution in [3.63, 3.8) is 0 Å². The maximum Gasteiger partial charge on any atom is 0.251 e. The summed E-state index contributed by atoms with van der Waals surface area (Å²) in [6, 6.07) is 5.42. The first kappa shape index (κ1) is 16.3. The van der Waals surface area contributed by atoms with Crippen LogP contribution in [0.2, 0.25) is 0 Å². The smallest absolute Gasteiger partial charge is 0.251 e. The van der Waals surface area contributed by atoms with Crippen LogP contribution in [0.5, 0.6) is 0 Å². The van der Waals surface area contributed by atoms with Gasteiger partial charge in [-0.1, -0.05) is 29.5 Å². The molecule has 1 aromatic carbocycles. The molecule has 2 rings (SSSR count). The number of amides is 1. The number of nitrogens with zero attached hydrogens (tertiary/aromatic N) is 1. The number of aromatic amines is 1. The largest absolute Gasteiger partial charge is 0.325 e. The SMILES string of the molecule is Cc1cc(C)c(NC(=O)[C@H](C)Sc2nccc(=O)[nH]2)c(C)c1. The molecule has 0 aliphatic rings. The Labute approximate surface area is 133 Å². The van der Waals surface area contributed by atoms with Crippen LogP contribution in [0.4, 0.5) is 5.69 Å². The van der Waals surface area contributed by atoms with E-state index in [9.17, 15) is 9.59 Å². The standard InChI is InChI=1S/C16H19N3O2S/c1-9-7-10(2)14(11(3)8-9)19-15(21)12(4)22-16-17-6-5-13(20)18-16/h5-8,12H,1-4H3,(H,19,21)(H,17,18,20)/t12-/m0/s1. The van der Waals surface area contributed by atoms with E-state index in [0.717, 1.165) is 16.8 Å². The maximum absolute atomic E-state index is 12.3. The molecule has 0 aliphatic heterocycles. The first-order valence-electron chi connectivity index (χ1n) is 6.97. The van der Waals surface area contributed by atoms with Crippen LogP contribution >= 0.6 is 11.8 Å². The van der Waals surface area contributed by atoms with E-state index >= 15 is 0 Å². The number of benzene rings is 1. The van der Waals surface area contributed by atoms with Gasteiger partial charge in [0, 0.05) is 18.0 Å². The van der Waals surface area contributed by atoms with Gasteiger partial charge < -0.3 is 10.3 Å². The van der Waals surface area contributed by atoms with Crippen molar-refractivity contribution < 1.29 is 4.79 Å². The number of anilines is 1. The fourth-order valence-electron chi connectivity index (χ4n) is 2.23. The van der Waals surface area contributed by atoms with E-state index in [1.807, 2.05) is 32.9 Å². The van der Waals surface area contributed by atoms with Crippen molar-refractivity contribution in [3.05, 3.63) is 51.4 Å². The third-order valence-electron chi connectivity index (χ3n) is 3.23. The number of H-pyrrole nitrogens is 1. The Balaban J connectivity index is 2.10. The summed E-state index contributed by atoms with van der Waals surface area (Å²) in [6.07, 6.45) is 1.43. The summed E-state index contributed by atoms with van der Waals surface area (Å²) in [6.45, 7) is 7.76. The van der Waals surface area contributed by atoms with Crippen molar-refractivity contribution in [2.24, 2.45) is 0 Å². The summed E-state index contributed by atoms with van der Waals surface area (Å²) >= 11 is 1.22. The molecule has 1 atom stereocenters. The first-order valence-corrected chi connectivity index (χ1v) is 7.85. The van der Waals surface area contributed by atoms with Crippen LogP contribution in [0.25, 0.3) is 0 Å². The van der Waals surface area contributed by atoms with Crippen LogP contribution in [0.1, 0.15) is 23.6 Å². The monoisotopic (exact) mass is 317 g/mol. The second kappa shape index (κ2) is 6.79. The van der Waals surface area contributed by atoms with E-state index in [1.165, 1.54) is 29.6 Å². The maximum atomic E-state index is 12.3. The lowest BCUT2D eigenvalue weighted by atomic mass is 10.1. The second-order valence-corrected chi connectivity index (χ2v) is 6.59. The first-order chi connectivity index (χ1) is 10.4. The molecule has 116 valence electrons. The molecule has 1 aromatic heterocycles. The Morgan fingerprint density at radius 2 is 1.91 bits per heavy atom. The van der Waals surface area contributed by atoms with E-state index in [4.69, 9.17) is 0 Å². The average Bonchev–Trinajstić information content (AvgIpc) is 2.42. The highest BCUT2D eigenvalue weighted by atomic mass is 32.2. The Kier molecular flexibility index (Phi) is 5.03. The summed E-state index contributed by atoms with van der Waals surface area (Å²) in [5, 5.41) is 3.03. The second-order valence-electron chi connectivity index (χ2n) is 5.26. The third-order valence-corrected chi connectivity index (χ3v) is 4.23. The molecule has 5 nitrogen and oxygen atoms in total. The van der Waals surface area contributed by atoms with Gasteiger partial charge in [0.25, 0.3) is 5.56 Å². The van der Waals surface area contributed by atoms with Gasteiger partial charge in [-0.05, 0) is 38.8 Å². The molecular formula is C16H19N3O2S. The van der Waals surface area contributed by atoms with Crippen LogP contribution in [-0.2, 0) is 4.79 Å². The van der Waals surface area contributed by atoms with Crippen molar-refractivity contribution in [3.8, 4) is 0 Å². The van der Waals surface area contributed by atoms with Gasteiger partial charge in [-0.3, -0.25) is 9.59 Å². The zero-order valence-electron chi connectivity index (χ0n) is 13.1. The number of aromatic nitrogens is 2. The highest BCUT2D eigenvalue weighted by Gasteiger charge is 2.17. The molecule has 0 spiro atoms. The number of aryl methyl sites for hydroxylation is 3. The van der Waals surface area contributed by atoms with Crippen LogP contribution in [0.15, 0.2) is 34.3 Å². The molecule has 6 heteroatoms. The average molecular weight is 317 g/mol. The molecule has 2 N–H and O–H groups in total. The normalized spacial score (nSPS) is 12.0. The van der Waals surface area contributed by atoms with Crippen molar-refractivity contribution in [1.29, 1.82) is 0 Å². The zero-order valence-corrected chi connectivity index (χ0v) is 13.9. The minimum Gasteiger partial charge on any atom is -0.325 e. The van der Waals surface area contributed by atoms with Crippen LogP contribution < -0.4 is 10.9 Å². The molecule has 0 radical (unpaired) electrons. The predicted octanol–water partition coefficient (Wildman–Crippen LogP) is 2.81. The number of hydrogen-bond donors (Lipinski definition) is 2. The third kappa shape index (κ3) is 3.98. The topological polar surface area (TPSA) is 74.8 Å². The lowest BCUT2D eigenvalue weighted by Gasteiger charge is -2.15. The molecular weight excluding hydrogens is 298 g/mol. The predicted molar refractivity (Wildman–Crippen MR) is 89.5 cm³/mol. The molecule has 0 unspecified atom stereocenters. The molecule has 2 aromatic rings. The van der Waals surface area contributed by atoms with Gasteiger partial charge in [0.15, 0.2) is 5.16 Å². The minimum absolute atomic E-state index is 0.119. The Bertz CT molecular complexity index is 732. The van der Waals surface area contributed by atoms with Crippen molar-refractivity contribution in [1.82, 2.24) is 9.97 Å². The number of carbonyl (C=O) groups excluding carboxylic acids is 1.